The van der Waals surface area contributed by atoms with E-state index in [9.17, 15) is 0 Å². The molecule has 3 rings (SSSR count). The van der Waals surface area contributed by atoms with Crippen LogP contribution in [0.15, 0.2) is 34.9 Å². The number of aromatic nitrogens is 2. The summed E-state index contributed by atoms with van der Waals surface area (Å²) in [7, 11) is 0. The zero-order valence-corrected chi connectivity index (χ0v) is 12.4. The average Bonchev–Trinajstić information content (AvgIpc) is 3.21. The van der Waals surface area contributed by atoms with Crippen molar-refractivity contribution < 1.29 is 0 Å². The minimum absolute atomic E-state index is 0.566. The molecule has 0 aliphatic heterocycles. The molecule has 1 heterocycles. The molecule has 1 N–H and O–H groups in total. The molecule has 0 spiro atoms. The van der Waals surface area contributed by atoms with Crippen LogP contribution in [0, 0.1) is 6.92 Å². The molecule has 1 saturated carbocycles. The molecule has 19 heavy (non-hydrogen) atoms. The van der Waals surface area contributed by atoms with Gasteiger partial charge in [-0.25, -0.2) is 9.97 Å². The molecule has 98 valence electrons. The van der Waals surface area contributed by atoms with Crippen LogP contribution in [-0.2, 0) is 6.54 Å². The SMILES string of the molecule is Cc1ccccc1CNc1cc(Br)nc(C2CC2)n1. The first-order valence-corrected chi connectivity index (χ1v) is 7.34. The molecule has 0 radical (unpaired) electrons. The lowest BCUT2D eigenvalue weighted by Gasteiger charge is -2.09. The Labute approximate surface area is 121 Å². The van der Waals surface area contributed by atoms with E-state index < -0.39 is 0 Å². The first kappa shape index (κ1) is 12.6. The van der Waals surface area contributed by atoms with E-state index in [-0.39, 0.29) is 0 Å². The van der Waals surface area contributed by atoms with Crippen LogP contribution in [0.4, 0.5) is 5.82 Å². The Bertz CT molecular complexity index is 594. The van der Waals surface area contributed by atoms with Gasteiger partial charge >= 0.3 is 0 Å². The maximum absolute atomic E-state index is 4.59. The quantitative estimate of drug-likeness (QED) is 0.865. The summed E-state index contributed by atoms with van der Waals surface area (Å²) in [5.74, 6) is 2.42. The lowest BCUT2D eigenvalue weighted by Crippen LogP contribution is -2.05. The van der Waals surface area contributed by atoms with Crippen molar-refractivity contribution in [3.63, 3.8) is 0 Å². The first-order valence-electron chi connectivity index (χ1n) is 6.55. The molecule has 0 bridgehead atoms. The second-order valence-corrected chi connectivity index (χ2v) is 5.80. The Hall–Kier alpha value is -1.42. The van der Waals surface area contributed by atoms with E-state index in [2.05, 4.69) is 62.4 Å². The predicted molar refractivity (Wildman–Crippen MR) is 80.2 cm³/mol. The number of anilines is 1. The van der Waals surface area contributed by atoms with Gasteiger partial charge in [-0.1, -0.05) is 24.3 Å². The fourth-order valence-corrected chi connectivity index (χ4v) is 2.44. The van der Waals surface area contributed by atoms with Gasteiger partial charge in [0.1, 0.15) is 16.2 Å². The van der Waals surface area contributed by atoms with Gasteiger partial charge in [0.15, 0.2) is 0 Å². The fraction of sp³-hybridized carbons (Fsp3) is 0.333. The Morgan fingerprint density at radius 3 is 2.79 bits per heavy atom. The molecule has 2 aromatic rings. The number of hydrogen-bond acceptors (Lipinski definition) is 3. The minimum Gasteiger partial charge on any atom is -0.366 e. The van der Waals surface area contributed by atoms with Crippen molar-refractivity contribution in [3.8, 4) is 0 Å². The highest BCUT2D eigenvalue weighted by molar-refractivity contribution is 9.10. The molecule has 0 unspecified atom stereocenters. The van der Waals surface area contributed by atoms with Crippen molar-refractivity contribution in [2.75, 3.05) is 5.32 Å². The van der Waals surface area contributed by atoms with E-state index in [4.69, 9.17) is 0 Å². The topological polar surface area (TPSA) is 37.8 Å². The lowest BCUT2D eigenvalue weighted by molar-refractivity contribution is 0.909. The Kier molecular flexibility index (Phi) is 3.51. The molecule has 0 atom stereocenters. The van der Waals surface area contributed by atoms with E-state index in [1.165, 1.54) is 24.0 Å². The Morgan fingerprint density at radius 2 is 2.05 bits per heavy atom. The molecular weight excluding hydrogens is 302 g/mol. The number of hydrogen-bond donors (Lipinski definition) is 1. The van der Waals surface area contributed by atoms with Gasteiger partial charge in [-0.3, -0.25) is 0 Å². The summed E-state index contributed by atoms with van der Waals surface area (Å²) in [4.78, 5) is 9.02. The lowest BCUT2D eigenvalue weighted by atomic mass is 10.1. The summed E-state index contributed by atoms with van der Waals surface area (Å²) in [5, 5.41) is 3.38. The van der Waals surface area contributed by atoms with Crippen molar-refractivity contribution in [3.05, 3.63) is 51.9 Å². The maximum atomic E-state index is 4.59. The summed E-state index contributed by atoms with van der Waals surface area (Å²) >= 11 is 3.46. The van der Waals surface area contributed by atoms with Crippen LogP contribution in [0.5, 0.6) is 0 Å². The Balaban J connectivity index is 1.74. The zero-order valence-electron chi connectivity index (χ0n) is 10.9. The van der Waals surface area contributed by atoms with Gasteiger partial charge in [0, 0.05) is 18.5 Å². The summed E-state index contributed by atoms with van der Waals surface area (Å²) in [6.45, 7) is 2.92. The number of nitrogens with one attached hydrogen (secondary N) is 1. The Morgan fingerprint density at radius 1 is 1.26 bits per heavy atom. The van der Waals surface area contributed by atoms with Crippen LogP contribution in [0.1, 0.15) is 35.7 Å². The second kappa shape index (κ2) is 5.29. The maximum Gasteiger partial charge on any atom is 0.135 e. The second-order valence-electron chi connectivity index (χ2n) is 4.99. The molecule has 3 nitrogen and oxygen atoms in total. The van der Waals surface area contributed by atoms with Crippen molar-refractivity contribution >= 4 is 21.7 Å². The third-order valence-electron chi connectivity index (χ3n) is 3.38. The van der Waals surface area contributed by atoms with Crippen LogP contribution in [-0.4, -0.2) is 9.97 Å². The molecule has 1 fully saturated rings. The van der Waals surface area contributed by atoms with Crippen LogP contribution >= 0.6 is 15.9 Å². The number of benzene rings is 1. The molecule has 1 aliphatic carbocycles. The van der Waals surface area contributed by atoms with Gasteiger partial charge in [-0.15, -0.1) is 0 Å². The molecule has 4 heteroatoms. The van der Waals surface area contributed by atoms with E-state index in [1.807, 2.05) is 6.07 Å². The number of halogens is 1. The van der Waals surface area contributed by atoms with E-state index >= 15 is 0 Å². The largest absolute Gasteiger partial charge is 0.366 e. The van der Waals surface area contributed by atoms with Crippen LogP contribution in [0.3, 0.4) is 0 Å². The number of aryl methyl sites for hydroxylation is 1. The normalized spacial score (nSPS) is 14.4. The third-order valence-corrected chi connectivity index (χ3v) is 3.78. The molecule has 1 aromatic carbocycles. The molecule has 0 saturated heterocycles. The monoisotopic (exact) mass is 317 g/mol. The number of rotatable bonds is 4. The van der Waals surface area contributed by atoms with Gasteiger partial charge in [0.2, 0.25) is 0 Å². The van der Waals surface area contributed by atoms with Crippen molar-refractivity contribution in [1.29, 1.82) is 0 Å². The molecule has 1 aromatic heterocycles. The highest BCUT2D eigenvalue weighted by atomic mass is 79.9. The van der Waals surface area contributed by atoms with Crippen LogP contribution in [0.2, 0.25) is 0 Å². The first-order chi connectivity index (χ1) is 9.22. The molecular formula is C15H16BrN3. The van der Waals surface area contributed by atoms with Gasteiger partial charge in [0.05, 0.1) is 0 Å². The van der Waals surface area contributed by atoms with Crippen molar-refractivity contribution in [2.24, 2.45) is 0 Å². The average molecular weight is 318 g/mol. The predicted octanol–water partition coefficient (Wildman–Crippen LogP) is 4.04. The highest BCUT2D eigenvalue weighted by Gasteiger charge is 2.27. The summed E-state index contributed by atoms with van der Waals surface area (Å²) in [5.41, 5.74) is 2.59. The summed E-state index contributed by atoms with van der Waals surface area (Å²) in [6.07, 6.45) is 2.43. The van der Waals surface area contributed by atoms with E-state index in [0.717, 1.165) is 22.8 Å². The van der Waals surface area contributed by atoms with Crippen LogP contribution < -0.4 is 5.32 Å². The van der Waals surface area contributed by atoms with E-state index in [1.54, 1.807) is 0 Å². The number of nitrogens with zero attached hydrogens (tertiary/aromatic N) is 2. The summed E-state index contributed by atoms with van der Waals surface area (Å²) in [6, 6.07) is 10.3. The molecule has 0 amide bonds. The van der Waals surface area contributed by atoms with Gasteiger partial charge in [-0.05, 0) is 46.8 Å². The van der Waals surface area contributed by atoms with Gasteiger partial charge in [0.25, 0.3) is 0 Å². The standard InChI is InChI=1S/C15H16BrN3/c1-10-4-2-3-5-12(10)9-17-14-8-13(16)18-15(19-14)11-6-7-11/h2-5,8,11H,6-7,9H2,1H3,(H,17,18,19). The van der Waals surface area contributed by atoms with Crippen LogP contribution in [0.25, 0.3) is 0 Å². The highest BCUT2D eigenvalue weighted by Crippen LogP contribution is 2.38. The van der Waals surface area contributed by atoms with Gasteiger partial charge < -0.3 is 5.32 Å². The third kappa shape index (κ3) is 3.13. The molecule has 1 aliphatic rings. The smallest absolute Gasteiger partial charge is 0.135 e. The fourth-order valence-electron chi connectivity index (χ4n) is 2.04. The van der Waals surface area contributed by atoms with Crippen molar-refractivity contribution in [2.45, 2.75) is 32.2 Å². The minimum atomic E-state index is 0.566. The van der Waals surface area contributed by atoms with Crippen molar-refractivity contribution in [1.82, 2.24) is 9.97 Å². The summed E-state index contributed by atoms with van der Waals surface area (Å²) < 4.78 is 0.858. The van der Waals surface area contributed by atoms with E-state index in [0.29, 0.717) is 5.92 Å². The van der Waals surface area contributed by atoms with Gasteiger partial charge in [-0.2, -0.15) is 0 Å². The zero-order chi connectivity index (χ0) is 13.2.